The van der Waals surface area contributed by atoms with Gasteiger partial charge in [-0.25, -0.2) is 9.78 Å². The largest absolute Gasteiger partial charge is 0.573 e. The molecule has 0 saturated carbocycles. The second-order valence-electron chi connectivity index (χ2n) is 14.9. The minimum Gasteiger partial charge on any atom is -0.490 e. The van der Waals surface area contributed by atoms with Crippen LogP contribution in [0.15, 0.2) is 74.0 Å². The van der Waals surface area contributed by atoms with E-state index in [1.807, 2.05) is 64.3 Å². The number of carbonyl (C=O) groups is 1. The molecule has 2 aromatic heterocycles. The van der Waals surface area contributed by atoms with Crippen LogP contribution in [-0.2, 0) is 14.3 Å². The maximum Gasteiger partial charge on any atom is 0.573 e. The monoisotopic (exact) mass is 749 g/mol. The van der Waals surface area contributed by atoms with Gasteiger partial charge in [-0.05, 0) is 101 Å². The molecule has 4 atom stereocenters. The third-order valence-electron chi connectivity index (χ3n) is 9.41. The smallest absolute Gasteiger partial charge is 0.490 e. The Hall–Kier alpha value is -4.81. The summed E-state index contributed by atoms with van der Waals surface area (Å²) in [5, 5.41) is 10.7. The van der Waals surface area contributed by atoms with Gasteiger partial charge < -0.3 is 29.0 Å². The van der Waals surface area contributed by atoms with Crippen LogP contribution in [0, 0.1) is 19.8 Å². The Morgan fingerprint density at radius 3 is 2.44 bits per heavy atom. The molecule has 1 fully saturated rings. The van der Waals surface area contributed by atoms with Crippen molar-refractivity contribution in [3.8, 4) is 33.9 Å². The summed E-state index contributed by atoms with van der Waals surface area (Å²) in [7, 11) is 0. The lowest BCUT2D eigenvalue weighted by Gasteiger charge is -2.42. The number of anilines is 1. The van der Waals surface area contributed by atoms with Gasteiger partial charge in [-0.2, -0.15) is 0 Å². The molecule has 9 nitrogen and oxygen atoms in total. The van der Waals surface area contributed by atoms with Crippen LogP contribution in [0.1, 0.15) is 76.7 Å². The number of rotatable bonds is 14. The topological polar surface area (TPSA) is 94.8 Å². The molecule has 4 aromatic rings. The van der Waals surface area contributed by atoms with E-state index in [1.165, 1.54) is 18.2 Å². The van der Waals surface area contributed by atoms with E-state index in [2.05, 4.69) is 29.7 Å². The van der Waals surface area contributed by atoms with Gasteiger partial charge >= 0.3 is 12.3 Å². The molecule has 1 aliphatic rings. The molecule has 0 radical (unpaired) electrons. The molecule has 1 aliphatic heterocycles. The number of pyridine rings is 1. The molecule has 0 bridgehead atoms. The van der Waals surface area contributed by atoms with Crippen LogP contribution < -0.4 is 14.4 Å². The first-order valence-electron chi connectivity index (χ1n) is 18.1. The Kier molecular flexibility index (Phi) is 12.2. The Morgan fingerprint density at radius 1 is 1.07 bits per heavy atom. The van der Waals surface area contributed by atoms with Crippen LogP contribution in [0.25, 0.3) is 28.0 Å². The Labute approximate surface area is 315 Å². The lowest BCUT2D eigenvalue weighted by atomic mass is 9.94. The SMILES string of the molecule is C=CCOC1CC(C)CCN1c1c(C(OC(C)(C)C)C(=O)O)c(C)c(C)c2nc(-c3cccc(-c4cc(OC(F)(F)F)ccc4OC(C)CC=C)c3)cn12. The fourth-order valence-corrected chi connectivity index (χ4v) is 6.86. The first-order valence-corrected chi connectivity index (χ1v) is 18.1. The zero-order chi connectivity index (χ0) is 39.5. The molecule has 1 saturated heterocycles. The minimum atomic E-state index is -4.87. The van der Waals surface area contributed by atoms with Gasteiger partial charge in [0, 0.05) is 35.9 Å². The van der Waals surface area contributed by atoms with E-state index in [4.69, 9.17) is 19.2 Å². The Balaban J connectivity index is 1.73. The number of aromatic nitrogens is 2. The van der Waals surface area contributed by atoms with Crippen molar-refractivity contribution in [1.29, 1.82) is 0 Å². The highest BCUT2D eigenvalue weighted by atomic mass is 19.4. The predicted molar refractivity (Wildman–Crippen MR) is 204 cm³/mol. The summed E-state index contributed by atoms with van der Waals surface area (Å²) in [6, 6.07) is 11.3. The van der Waals surface area contributed by atoms with E-state index < -0.39 is 24.0 Å². The second-order valence-corrected chi connectivity index (χ2v) is 14.9. The fraction of sp³-hybridized carbons (Fsp3) is 0.429. The zero-order valence-electron chi connectivity index (χ0n) is 32.0. The summed E-state index contributed by atoms with van der Waals surface area (Å²) in [5.41, 5.74) is 4.10. The molecule has 1 N–H and O–H groups in total. The van der Waals surface area contributed by atoms with Crippen LogP contribution in [0.3, 0.4) is 0 Å². The molecule has 54 heavy (non-hydrogen) atoms. The lowest BCUT2D eigenvalue weighted by molar-refractivity contribution is -0.274. The molecular weight excluding hydrogens is 699 g/mol. The number of fused-ring (bicyclic) bond motifs is 1. The molecule has 4 unspecified atom stereocenters. The molecule has 2 aromatic carbocycles. The zero-order valence-corrected chi connectivity index (χ0v) is 32.0. The van der Waals surface area contributed by atoms with Gasteiger partial charge in [0.15, 0.2) is 6.10 Å². The summed E-state index contributed by atoms with van der Waals surface area (Å²) >= 11 is 0. The standard InChI is InChI=1S/C42H50F3N3O6/c1-10-13-26(4)52-34-17-16-31(53-42(43,44)45)23-32(34)29-14-12-15-30(22-29)33-24-48-38(46-33)28(6)27(5)36(37(40(49)50)54-41(7,8)9)39(48)47-19-18-25(3)21-35(47)51-20-11-2/h10-12,14-17,22-26,35,37H,1-2,13,18-21H2,3-9H3,(H,49,50). The van der Waals surface area contributed by atoms with Crippen molar-refractivity contribution in [2.45, 2.75) is 98.1 Å². The van der Waals surface area contributed by atoms with E-state index >= 15 is 0 Å². The summed E-state index contributed by atoms with van der Waals surface area (Å²) < 4.78 is 64.8. The van der Waals surface area contributed by atoms with Crippen molar-refractivity contribution in [2.75, 3.05) is 18.1 Å². The highest BCUT2D eigenvalue weighted by Crippen LogP contribution is 2.42. The number of benzene rings is 2. The van der Waals surface area contributed by atoms with Crippen molar-refractivity contribution >= 4 is 17.4 Å². The van der Waals surface area contributed by atoms with E-state index in [-0.39, 0.29) is 18.1 Å². The second kappa shape index (κ2) is 16.3. The third kappa shape index (κ3) is 9.27. The number of ether oxygens (including phenoxy) is 4. The number of hydrogen-bond donors (Lipinski definition) is 1. The van der Waals surface area contributed by atoms with Crippen LogP contribution in [-0.4, -0.2) is 57.9 Å². The molecule has 3 heterocycles. The molecule has 0 aliphatic carbocycles. The molecule has 290 valence electrons. The van der Waals surface area contributed by atoms with Crippen LogP contribution in [0.4, 0.5) is 19.0 Å². The first kappa shape index (κ1) is 40.4. The number of carboxylic acids is 1. The highest BCUT2D eigenvalue weighted by molar-refractivity contribution is 5.82. The van der Waals surface area contributed by atoms with Crippen molar-refractivity contribution in [3.63, 3.8) is 0 Å². The van der Waals surface area contributed by atoms with Crippen LogP contribution >= 0.6 is 0 Å². The Bertz CT molecular complexity index is 2000. The summed E-state index contributed by atoms with van der Waals surface area (Å²) in [6.45, 7) is 21.8. The highest BCUT2D eigenvalue weighted by Gasteiger charge is 2.38. The van der Waals surface area contributed by atoms with E-state index in [1.54, 1.807) is 24.3 Å². The molecule has 0 spiro atoms. The summed E-state index contributed by atoms with van der Waals surface area (Å²) in [5.74, 6) is -0.126. The number of imidazole rings is 1. The summed E-state index contributed by atoms with van der Waals surface area (Å²) in [6.07, 6.45) is 0.546. The number of piperidine rings is 1. The van der Waals surface area contributed by atoms with Crippen LogP contribution in [0.2, 0.25) is 0 Å². The number of alkyl halides is 3. The van der Waals surface area contributed by atoms with Gasteiger partial charge in [0.1, 0.15) is 29.2 Å². The van der Waals surface area contributed by atoms with Gasteiger partial charge in [-0.1, -0.05) is 37.3 Å². The van der Waals surface area contributed by atoms with Crippen molar-refractivity contribution in [3.05, 3.63) is 90.7 Å². The van der Waals surface area contributed by atoms with Crippen molar-refractivity contribution in [1.82, 2.24) is 9.38 Å². The van der Waals surface area contributed by atoms with Gasteiger partial charge in [-0.15, -0.1) is 26.3 Å². The average Bonchev–Trinajstić information content (AvgIpc) is 3.54. The van der Waals surface area contributed by atoms with Crippen molar-refractivity contribution in [2.24, 2.45) is 5.92 Å². The fourth-order valence-electron chi connectivity index (χ4n) is 6.86. The number of halogens is 3. The van der Waals surface area contributed by atoms with E-state index in [0.29, 0.717) is 70.7 Å². The maximum atomic E-state index is 13.3. The van der Waals surface area contributed by atoms with E-state index in [9.17, 15) is 23.1 Å². The third-order valence-corrected chi connectivity index (χ3v) is 9.41. The molecule has 5 rings (SSSR count). The Morgan fingerprint density at radius 2 is 1.80 bits per heavy atom. The normalized spacial score (nSPS) is 17.6. The van der Waals surface area contributed by atoms with Gasteiger partial charge in [0.25, 0.3) is 0 Å². The van der Waals surface area contributed by atoms with Crippen molar-refractivity contribution < 1.29 is 42.0 Å². The average molecular weight is 750 g/mol. The predicted octanol–water partition coefficient (Wildman–Crippen LogP) is 10.2. The number of carboxylic acid groups (broad SMARTS) is 1. The quantitative estimate of drug-likeness (QED) is 0.127. The first-order chi connectivity index (χ1) is 25.4. The van der Waals surface area contributed by atoms with Gasteiger partial charge in [0.2, 0.25) is 0 Å². The molecule has 0 amide bonds. The minimum absolute atomic E-state index is 0.287. The van der Waals surface area contributed by atoms with Crippen LogP contribution in [0.5, 0.6) is 11.5 Å². The van der Waals surface area contributed by atoms with Gasteiger partial charge in [0.05, 0.1) is 24.0 Å². The summed E-state index contributed by atoms with van der Waals surface area (Å²) in [4.78, 5) is 20.3. The maximum absolute atomic E-state index is 13.3. The molecular formula is C42H50F3N3O6. The number of hydrogen-bond acceptors (Lipinski definition) is 7. The van der Waals surface area contributed by atoms with E-state index in [0.717, 1.165) is 24.0 Å². The number of nitrogens with zero attached hydrogens (tertiary/aromatic N) is 3. The lowest BCUT2D eigenvalue weighted by Crippen LogP contribution is -2.46. The van der Waals surface area contributed by atoms with Gasteiger partial charge in [-0.3, -0.25) is 4.40 Å². The number of aliphatic carboxylic acids is 1. The number of aryl methyl sites for hydroxylation is 1. The molecule has 12 heteroatoms.